The summed E-state index contributed by atoms with van der Waals surface area (Å²) in [7, 11) is 0. The summed E-state index contributed by atoms with van der Waals surface area (Å²) in [6, 6.07) is 16.6. The topological polar surface area (TPSA) is 84.7 Å². The molecule has 0 aliphatic heterocycles. The average molecular weight is 414 g/mol. The highest BCUT2D eigenvalue weighted by molar-refractivity contribution is 7.80. The van der Waals surface area contributed by atoms with E-state index in [2.05, 4.69) is 19.2 Å². The van der Waals surface area contributed by atoms with E-state index >= 15 is 0 Å². The van der Waals surface area contributed by atoms with Gasteiger partial charge in [0.2, 0.25) is 5.91 Å². The van der Waals surface area contributed by atoms with Gasteiger partial charge in [-0.15, -0.1) is 0 Å². The lowest BCUT2D eigenvalue weighted by atomic mass is 10.2. The van der Waals surface area contributed by atoms with Crippen molar-refractivity contribution >= 4 is 29.1 Å². The first-order valence-corrected chi connectivity index (χ1v) is 9.91. The normalized spacial score (nSPS) is 10.4. The number of hydrogen-bond acceptors (Lipinski definition) is 4. The number of thiocarbonyl (C=S) groups is 1. The van der Waals surface area contributed by atoms with Crippen molar-refractivity contribution in [2.45, 2.75) is 26.8 Å². The van der Waals surface area contributed by atoms with Crippen molar-refractivity contribution in [3.8, 4) is 5.75 Å². The minimum atomic E-state index is -0.422. The molecule has 2 aromatic rings. The van der Waals surface area contributed by atoms with Crippen LogP contribution in [0.3, 0.4) is 0 Å². The van der Waals surface area contributed by atoms with Gasteiger partial charge in [-0.25, -0.2) is 0 Å². The Balaban J connectivity index is 2.01. The second-order valence-electron chi connectivity index (χ2n) is 7.11. The predicted molar refractivity (Wildman–Crippen MR) is 118 cm³/mol. The van der Waals surface area contributed by atoms with Crippen molar-refractivity contribution in [1.82, 2.24) is 10.2 Å². The Bertz CT molecular complexity index is 823. The van der Waals surface area contributed by atoms with Crippen LogP contribution in [-0.2, 0) is 11.3 Å². The molecule has 2 rings (SSSR count). The zero-order chi connectivity index (χ0) is 21.2. The molecule has 2 amide bonds. The maximum atomic E-state index is 12.6. The molecule has 7 heteroatoms. The van der Waals surface area contributed by atoms with E-state index in [-0.39, 0.29) is 17.4 Å². The van der Waals surface area contributed by atoms with Crippen molar-refractivity contribution in [1.29, 1.82) is 0 Å². The predicted octanol–water partition coefficient (Wildman–Crippen LogP) is 3.11. The van der Waals surface area contributed by atoms with Gasteiger partial charge in [0.1, 0.15) is 5.75 Å². The number of primary amides is 1. The van der Waals surface area contributed by atoms with Crippen molar-refractivity contribution in [2.75, 3.05) is 13.2 Å². The van der Waals surface area contributed by atoms with Crippen LogP contribution in [0.4, 0.5) is 0 Å². The number of nitrogens with zero attached hydrogens (tertiary/aromatic N) is 1. The van der Waals surface area contributed by atoms with Crippen LogP contribution < -0.4 is 15.8 Å². The first-order valence-electron chi connectivity index (χ1n) is 9.50. The van der Waals surface area contributed by atoms with Crippen LogP contribution in [-0.4, -0.2) is 35.0 Å². The molecular formula is C22H27N3O3S. The molecule has 0 heterocycles. The molecule has 6 nitrogen and oxygen atoms in total. The minimum Gasteiger partial charge on any atom is -0.493 e. The monoisotopic (exact) mass is 413 g/mol. The Morgan fingerprint density at radius 1 is 1.10 bits per heavy atom. The van der Waals surface area contributed by atoms with Gasteiger partial charge in [0.05, 0.1) is 6.61 Å². The lowest BCUT2D eigenvalue weighted by Gasteiger charge is -2.25. The molecule has 3 N–H and O–H groups in total. The van der Waals surface area contributed by atoms with E-state index in [0.29, 0.717) is 36.9 Å². The summed E-state index contributed by atoms with van der Waals surface area (Å²) in [5, 5.41) is 2.99. The Kier molecular flexibility index (Phi) is 8.61. The smallest absolute Gasteiger partial charge is 0.257 e. The third-order valence-corrected chi connectivity index (χ3v) is 4.41. The fraction of sp³-hybridized carbons (Fsp3) is 0.318. The van der Waals surface area contributed by atoms with E-state index in [1.807, 2.05) is 30.3 Å². The second-order valence-corrected chi connectivity index (χ2v) is 7.50. The molecule has 29 heavy (non-hydrogen) atoms. The van der Waals surface area contributed by atoms with Gasteiger partial charge in [0.25, 0.3) is 5.91 Å². The number of ether oxygens (including phenoxy) is 1. The number of carbonyl (C=O) groups is 2. The summed E-state index contributed by atoms with van der Waals surface area (Å²) in [5.41, 5.74) is 6.76. The highest BCUT2D eigenvalue weighted by Crippen LogP contribution is 2.14. The molecule has 0 bridgehead atoms. The molecule has 0 saturated carbocycles. The number of amides is 2. The number of carbonyl (C=O) groups excluding carboxylic acids is 2. The molecule has 0 aliphatic rings. The highest BCUT2D eigenvalue weighted by atomic mass is 32.1. The van der Waals surface area contributed by atoms with Gasteiger partial charge >= 0.3 is 0 Å². The summed E-state index contributed by atoms with van der Waals surface area (Å²) in [4.78, 5) is 25.5. The maximum absolute atomic E-state index is 12.6. The Morgan fingerprint density at radius 3 is 2.34 bits per heavy atom. The van der Waals surface area contributed by atoms with Gasteiger partial charge < -0.3 is 15.4 Å². The van der Waals surface area contributed by atoms with Crippen LogP contribution in [0.25, 0.3) is 0 Å². The quantitative estimate of drug-likeness (QED) is 0.617. The third kappa shape index (κ3) is 7.91. The van der Waals surface area contributed by atoms with Crippen LogP contribution in [0.15, 0.2) is 54.6 Å². The van der Waals surface area contributed by atoms with Crippen LogP contribution in [0.5, 0.6) is 5.75 Å². The van der Waals surface area contributed by atoms with Crippen LogP contribution in [0.2, 0.25) is 0 Å². The molecule has 0 atom stereocenters. The van der Waals surface area contributed by atoms with Crippen LogP contribution in [0, 0.1) is 5.92 Å². The van der Waals surface area contributed by atoms with Crippen LogP contribution in [0.1, 0.15) is 36.2 Å². The molecule has 2 aromatic carbocycles. The Labute approximate surface area is 177 Å². The first-order chi connectivity index (χ1) is 13.8. The van der Waals surface area contributed by atoms with Crippen molar-refractivity contribution in [2.24, 2.45) is 11.7 Å². The van der Waals surface area contributed by atoms with Gasteiger partial charge in [0, 0.05) is 25.1 Å². The summed E-state index contributed by atoms with van der Waals surface area (Å²) in [5.74, 6) is 0.396. The van der Waals surface area contributed by atoms with Crippen molar-refractivity contribution in [3.63, 3.8) is 0 Å². The summed E-state index contributed by atoms with van der Waals surface area (Å²) in [6.45, 7) is 5.55. The number of nitrogens with two attached hydrogens (primary N) is 1. The Morgan fingerprint density at radius 2 is 1.76 bits per heavy atom. The fourth-order valence-corrected chi connectivity index (χ4v) is 2.76. The third-order valence-electron chi connectivity index (χ3n) is 4.05. The SMILES string of the molecule is CC(C)COc1ccc(C(=O)NC(=S)N(CCC(N)=O)Cc2ccccc2)cc1. The second kappa shape index (κ2) is 11.2. The van der Waals surface area contributed by atoms with Crippen molar-refractivity contribution < 1.29 is 14.3 Å². The number of rotatable bonds is 9. The molecule has 0 spiro atoms. The fourth-order valence-electron chi connectivity index (χ4n) is 2.52. The maximum Gasteiger partial charge on any atom is 0.257 e. The van der Waals surface area contributed by atoms with E-state index in [1.54, 1.807) is 29.2 Å². The number of nitrogens with one attached hydrogen (secondary N) is 1. The van der Waals surface area contributed by atoms with E-state index in [0.717, 1.165) is 5.56 Å². The van der Waals surface area contributed by atoms with Crippen molar-refractivity contribution in [3.05, 3.63) is 65.7 Å². The van der Waals surface area contributed by atoms with E-state index in [9.17, 15) is 9.59 Å². The lowest BCUT2D eigenvalue weighted by molar-refractivity contribution is -0.118. The molecule has 0 radical (unpaired) electrons. The zero-order valence-electron chi connectivity index (χ0n) is 16.8. The number of benzene rings is 2. The minimum absolute atomic E-state index is 0.144. The molecular weight excluding hydrogens is 386 g/mol. The molecule has 0 aromatic heterocycles. The number of hydrogen-bond donors (Lipinski definition) is 2. The molecule has 0 aliphatic carbocycles. The van der Waals surface area contributed by atoms with Gasteiger partial charge in [-0.1, -0.05) is 44.2 Å². The van der Waals surface area contributed by atoms with Crippen LogP contribution >= 0.6 is 12.2 Å². The molecule has 0 saturated heterocycles. The molecule has 0 unspecified atom stereocenters. The summed E-state index contributed by atoms with van der Waals surface area (Å²) in [6.07, 6.45) is 0.144. The van der Waals surface area contributed by atoms with E-state index < -0.39 is 5.91 Å². The van der Waals surface area contributed by atoms with Gasteiger partial charge in [0.15, 0.2) is 5.11 Å². The molecule has 0 fully saturated rings. The van der Waals surface area contributed by atoms with Gasteiger partial charge in [-0.3, -0.25) is 14.9 Å². The first kappa shape index (κ1) is 22.4. The average Bonchev–Trinajstić information content (AvgIpc) is 2.70. The zero-order valence-corrected chi connectivity index (χ0v) is 17.6. The van der Waals surface area contributed by atoms with E-state index in [4.69, 9.17) is 22.7 Å². The molecule has 154 valence electrons. The standard InChI is InChI=1S/C22H27N3O3S/c1-16(2)15-28-19-10-8-18(9-11-19)21(27)24-22(29)25(13-12-20(23)26)14-17-6-4-3-5-7-17/h3-11,16H,12-15H2,1-2H3,(H2,23,26)(H,24,27,29). The largest absolute Gasteiger partial charge is 0.493 e. The lowest BCUT2D eigenvalue weighted by Crippen LogP contribution is -2.43. The Hall–Kier alpha value is -2.93. The van der Waals surface area contributed by atoms with Gasteiger partial charge in [-0.2, -0.15) is 0 Å². The summed E-state index contributed by atoms with van der Waals surface area (Å²) >= 11 is 5.42. The summed E-state index contributed by atoms with van der Waals surface area (Å²) < 4.78 is 5.63. The van der Waals surface area contributed by atoms with Gasteiger partial charge in [-0.05, 0) is 48.0 Å². The van der Waals surface area contributed by atoms with E-state index in [1.165, 1.54) is 0 Å². The highest BCUT2D eigenvalue weighted by Gasteiger charge is 2.15.